The highest BCUT2D eigenvalue weighted by atomic mass is 32.1. The zero-order valence-electron chi connectivity index (χ0n) is 40.8. The summed E-state index contributed by atoms with van der Waals surface area (Å²) < 4.78 is 49.3. The van der Waals surface area contributed by atoms with Gasteiger partial charge in [-0.1, -0.05) is 0 Å². The first-order valence-electron chi connectivity index (χ1n) is 24.1. The molecular weight excluding hydrogens is 959 g/mol. The summed E-state index contributed by atoms with van der Waals surface area (Å²) in [6, 6.07) is 3.61. The second kappa shape index (κ2) is 20.4. The highest BCUT2D eigenvalue weighted by molar-refractivity contribution is 7.22. The predicted molar refractivity (Wildman–Crippen MR) is 268 cm³/mol. The van der Waals surface area contributed by atoms with E-state index >= 15 is 0 Å². The summed E-state index contributed by atoms with van der Waals surface area (Å²) in [5.74, 6) is -0.929. The van der Waals surface area contributed by atoms with E-state index in [4.69, 9.17) is 44.1 Å². The minimum absolute atomic E-state index is 0.0486. The molecule has 7 atom stereocenters. The largest absolute Gasteiger partial charge is 0.447 e. The zero-order chi connectivity index (χ0) is 50.4. The first kappa shape index (κ1) is 50.8. The molecule has 6 aromatic rings. The van der Waals surface area contributed by atoms with Crippen LogP contribution in [0.5, 0.6) is 5.88 Å². The fourth-order valence-corrected chi connectivity index (χ4v) is 12.1. The van der Waals surface area contributed by atoms with Gasteiger partial charge in [0.15, 0.2) is 5.72 Å². The topological polar surface area (TPSA) is 260 Å². The van der Waals surface area contributed by atoms with E-state index in [9.17, 15) is 29.2 Å². The molecular formula is C48H62F2N12O7S2. The molecule has 0 radical (unpaired) electrons. The Morgan fingerprint density at radius 2 is 1.42 bits per heavy atom. The Balaban J connectivity index is 1.12. The van der Waals surface area contributed by atoms with Crippen molar-refractivity contribution in [3.8, 4) is 27.0 Å². The highest BCUT2D eigenvalue weighted by Crippen LogP contribution is 2.48. The third-order valence-electron chi connectivity index (χ3n) is 13.9. The maximum absolute atomic E-state index is 14.9. The van der Waals surface area contributed by atoms with E-state index in [1.54, 1.807) is 33.0 Å². The van der Waals surface area contributed by atoms with E-state index < -0.39 is 47.5 Å². The van der Waals surface area contributed by atoms with Gasteiger partial charge in [0.2, 0.25) is 29.9 Å². The molecule has 0 bridgehead atoms. The normalized spacial score (nSPS) is 24.5. The van der Waals surface area contributed by atoms with Gasteiger partial charge in [-0.3, -0.25) is 4.98 Å². The molecule has 8 N–H and O–H groups in total. The number of aliphatic hydroxyl groups excluding tert-OH is 2. The Morgan fingerprint density at radius 1 is 0.803 bits per heavy atom. The van der Waals surface area contributed by atoms with Crippen LogP contribution in [0.2, 0.25) is 0 Å². The van der Waals surface area contributed by atoms with Crippen molar-refractivity contribution in [1.29, 1.82) is 0 Å². The number of rotatable bonds is 18. The van der Waals surface area contributed by atoms with Crippen molar-refractivity contribution < 1.29 is 43.4 Å². The minimum Gasteiger partial charge on any atom is -0.447 e. The second-order valence-corrected chi connectivity index (χ2v) is 21.5. The number of aryl methyl sites for hydroxylation is 3. The number of thiazole rings is 2. The molecule has 23 heteroatoms. The second-order valence-electron chi connectivity index (χ2n) is 19.4. The number of aliphatic hydroxyl groups is 4. The SMILES string of the molecule is CCOC(C)CNc1nc(C)c(-c2nc3c(OC4(Nc5nc(NCC6CCOCC6)nc(C)c5-c5nc6c(C)nccc6s5)CCC(C(F)F)C4O)nccc3s2)c(NC2(O)CCC(C(C)(C)O)C2O)n1. The van der Waals surface area contributed by atoms with E-state index in [0.717, 1.165) is 23.2 Å². The molecule has 1 saturated heterocycles. The van der Waals surface area contributed by atoms with Crippen LogP contribution in [-0.4, -0.2) is 135 Å². The smallest absolute Gasteiger partial charge is 0.244 e. The molecule has 7 unspecified atom stereocenters. The summed E-state index contributed by atoms with van der Waals surface area (Å²) >= 11 is 2.66. The number of hydrogen-bond donors (Lipinski definition) is 8. The molecule has 9 rings (SSSR count). The Hall–Kier alpha value is -5.14. The monoisotopic (exact) mass is 1020 g/mol. The number of hydrogen-bond acceptors (Lipinski definition) is 21. The van der Waals surface area contributed by atoms with Crippen LogP contribution in [0.15, 0.2) is 24.5 Å². The van der Waals surface area contributed by atoms with Gasteiger partial charge < -0.3 is 55.9 Å². The van der Waals surface area contributed by atoms with Crippen LogP contribution in [0.1, 0.15) is 83.3 Å². The van der Waals surface area contributed by atoms with Crippen LogP contribution in [-0.2, 0) is 9.47 Å². The lowest BCUT2D eigenvalue weighted by molar-refractivity contribution is -0.0926. The summed E-state index contributed by atoms with van der Waals surface area (Å²) in [7, 11) is 0. The van der Waals surface area contributed by atoms with Gasteiger partial charge in [0.25, 0.3) is 0 Å². The lowest BCUT2D eigenvalue weighted by Gasteiger charge is -2.36. The van der Waals surface area contributed by atoms with Crippen molar-refractivity contribution in [2.24, 2.45) is 17.8 Å². The van der Waals surface area contributed by atoms with Crippen molar-refractivity contribution in [3.63, 3.8) is 0 Å². The molecule has 1 aliphatic heterocycles. The number of ether oxygens (including phenoxy) is 3. The molecule has 3 fully saturated rings. The number of nitrogens with one attached hydrogen (secondary N) is 4. The van der Waals surface area contributed by atoms with Gasteiger partial charge >= 0.3 is 0 Å². The quantitative estimate of drug-likeness (QED) is 0.0400. The molecule has 0 spiro atoms. The number of halogens is 2. The van der Waals surface area contributed by atoms with Gasteiger partial charge in [0.05, 0.1) is 55.2 Å². The average molecular weight is 1020 g/mol. The number of nitrogens with zero attached hydrogens (tertiary/aromatic N) is 8. The molecule has 3 aliphatic rings. The van der Waals surface area contributed by atoms with Gasteiger partial charge in [-0.2, -0.15) is 9.97 Å². The maximum Gasteiger partial charge on any atom is 0.244 e. The van der Waals surface area contributed by atoms with Crippen LogP contribution >= 0.6 is 22.7 Å². The van der Waals surface area contributed by atoms with Crippen LogP contribution in [0.3, 0.4) is 0 Å². The molecule has 0 amide bonds. The van der Waals surface area contributed by atoms with Gasteiger partial charge in [0, 0.05) is 57.6 Å². The van der Waals surface area contributed by atoms with Gasteiger partial charge in [-0.05, 0) is 98.6 Å². The van der Waals surface area contributed by atoms with Crippen LogP contribution in [0.4, 0.5) is 32.3 Å². The van der Waals surface area contributed by atoms with Gasteiger partial charge in [-0.25, -0.2) is 33.7 Å². The maximum atomic E-state index is 14.9. The predicted octanol–water partition coefficient (Wildman–Crippen LogP) is 7.08. The number of fused-ring (bicyclic) bond motifs is 2. The average Bonchev–Trinajstić information content (AvgIpc) is 4.09. The molecule has 382 valence electrons. The summed E-state index contributed by atoms with van der Waals surface area (Å²) in [5, 5.41) is 60.5. The molecule has 6 aromatic heterocycles. The van der Waals surface area contributed by atoms with Crippen LogP contribution < -0.4 is 26.0 Å². The number of anilines is 4. The number of aromatic nitrogens is 8. The Bertz CT molecular complexity index is 2870. The first-order chi connectivity index (χ1) is 33.9. The van der Waals surface area contributed by atoms with Crippen molar-refractivity contribution >= 4 is 66.6 Å². The summed E-state index contributed by atoms with van der Waals surface area (Å²) in [5.41, 5.74) is -1.46. The van der Waals surface area contributed by atoms with Gasteiger partial charge in [-0.15, -0.1) is 22.7 Å². The minimum atomic E-state index is -2.88. The Kier molecular flexibility index (Phi) is 14.6. The standard InChI is InChI=1S/C48H62F2N12O7S2/c1-8-68-23(2)21-53-44-55-24(3)32(39(59-44)61-47(66)15-10-29(37(47)64)46(6,7)65)43-58-35-31(71-43)12-18-52-41(35)69-48(16-9-28(36(48)63)38(49)50)62-40-33(42-57-34-26(5)51-17-11-30(34)70-42)25(4)56-45(60-40)54-22-27-13-19-67-20-14-27/h11-12,17-18,23,27-29,36-38,63-66H,8-10,13-16,19-22H2,1-7H3,(H2,53,55,59,61)(H2,54,56,60,62). The van der Waals surface area contributed by atoms with Crippen molar-refractivity contribution in [3.05, 3.63) is 41.6 Å². The van der Waals surface area contributed by atoms with Crippen LogP contribution in [0.25, 0.3) is 41.6 Å². The van der Waals surface area contributed by atoms with Gasteiger partial charge in [0.1, 0.15) is 44.9 Å². The zero-order valence-corrected chi connectivity index (χ0v) is 42.4. The number of alkyl halides is 2. The molecule has 19 nitrogen and oxygen atoms in total. The summed E-state index contributed by atoms with van der Waals surface area (Å²) in [6.45, 7) is 15.3. The molecule has 71 heavy (non-hydrogen) atoms. The van der Waals surface area contributed by atoms with Crippen molar-refractivity contribution in [2.45, 2.75) is 129 Å². The van der Waals surface area contributed by atoms with E-state index in [1.807, 2.05) is 33.8 Å². The molecule has 2 aliphatic carbocycles. The third-order valence-corrected chi connectivity index (χ3v) is 16.0. The van der Waals surface area contributed by atoms with Crippen molar-refractivity contribution in [2.75, 3.05) is 54.2 Å². The van der Waals surface area contributed by atoms with E-state index in [1.165, 1.54) is 28.9 Å². The van der Waals surface area contributed by atoms with E-state index in [-0.39, 0.29) is 54.3 Å². The first-order valence-corrected chi connectivity index (χ1v) is 25.8. The lowest BCUT2D eigenvalue weighted by Crippen LogP contribution is -2.53. The summed E-state index contributed by atoms with van der Waals surface area (Å²) in [6.07, 6.45) is -0.938. The Labute approximate surface area is 417 Å². The Morgan fingerprint density at radius 3 is 2.03 bits per heavy atom. The molecule has 2 saturated carbocycles. The lowest BCUT2D eigenvalue weighted by atomic mass is 9.87. The highest BCUT2D eigenvalue weighted by Gasteiger charge is 2.55. The molecule has 0 aromatic carbocycles. The third kappa shape index (κ3) is 10.4. The van der Waals surface area contributed by atoms with Crippen molar-refractivity contribution in [1.82, 2.24) is 39.9 Å². The fraction of sp³-hybridized carbons (Fsp3) is 0.583. The number of pyridine rings is 2. The van der Waals surface area contributed by atoms with E-state index in [0.29, 0.717) is 93.9 Å². The van der Waals surface area contributed by atoms with E-state index in [2.05, 4.69) is 31.2 Å². The summed E-state index contributed by atoms with van der Waals surface area (Å²) in [4.78, 5) is 38.4. The molecule has 7 heterocycles. The fourth-order valence-electron chi connectivity index (χ4n) is 9.90. The van der Waals surface area contributed by atoms with Crippen LogP contribution in [0, 0.1) is 38.5 Å².